The van der Waals surface area contributed by atoms with Crippen molar-refractivity contribution < 1.29 is 19.8 Å². The van der Waals surface area contributed by atoms with E-state index in [0.29, 0.717) is 16.8 Å². The second-order valence-electron chi connectivity index (χ2n) is 8.46. The number of carbonyl (C=O) groups excluding carboxylic acids is 2. The van der Waals surface area contributed by atoms with Crippen molar-refractivity contribution in [3.63, 3.8) is 0 Å². The molecule has 35 heavy (non-hydrogen) atoms. The second-order valence-corrected chi connectivity index (χ2v) is 8.87. The molecule has 0 aliphatic carbocycles. The Morgan fingerprint density at radius 2 is 1.63 bits per heavy atom. The van der Waals surface area contributed by atoms with E-state index in [1.54, 1.807) is 30.3 Å². The Morgan fingerprint density at radius 1 is 0.914 bits per heavy atom. The Hall–Kier alpha value is -4.09. The number of fused-ring (bicyclic) bond motifs is 1. The standard InChI is InChI=1S/C29H22ClNO4/c1-2-17-7-12-22(13-8-17)31-26(20-11-14-24(32)23(30)16-20)25(28(34)29(31)35)27(33)21-10-9-18-5-3-4-6-19(18)15-21/h3-16,26,32-33H,2H2,1H3/b27-25-. The number of phenols is 1. The van der Waals surface area contributed by atoms with Crippen LogP contribution in [0.25, 0.3) is 16.5 Å². The Morgan fingerprint density at radius 3 is 2.31 bits per heavy atom. The number of carbonyl (C=O) groups is 2. The Kier molecular flexibility index (Phi) is 5.79. The lowest BCUT2D eigenvalue weighted by atomic mass is 9.94. The molecule has 1 amide bonds. The number of hydrogen-bond acceptors (Lipinski definition) is 4. The molecule has 1 fully saturated rings. The number of hydrogen-bond donors (Lipinski definition) is 2. The summed E-state index contributed by atoms with van der Waals surface area (Å²) in [6, 6.07) is 24.0. The van der Waals surface area contributed by atoms with Gasteiger partial charge in [0.15, 0.2) is 0 Å². The minimum Gasteiger partial charge on any atom is -0.507 e. The van der Waals surface area contributed by atoms with E-state index in [-0.39, 0.29) is 22.1 Å². The maximum atomic E-state index is 13.3. The number of nitrogens with zero attached hydrogens (tertiary/aromatic N) is 1. The van der Waals surface area contributed by atoms with Crippen molar-refractivity contribution in [1.82, 2.24) is 0 Å². The smallest absolute Gasteiger partial charge is 0.300 e. The van der Waals surface area contributed by atoms with E-state index in [0.717, 1.165) is 22.8 Å². The van der Waals surface area contributed by atoms with E-state index in [2.05, 4.69) is 0 Å². The molecular formula is C29H22ClNO4. The molecule has 1 aliphatic heterocycles. The van der Waals surface area contributed by atoms with Crippen LogP contribution in [0.2, 0.25) is 5.02 Å². The largest absolute Gasteiger partial charge is 0.507 e. The van der Waals surface area contributed by atoms with Gasteiger partial charge in [-0.3, -0.25) is 14.5 Å². The average molecular weight is 484 g/mol. The Balaban J connectivity index is 1.72. The molecule has 1 saturated heterocycles. The van der Waals surface area contributed by atoms with Gasteiger partial charge in [-0.1, -0.05) is 73.1 Å². The van der Waals surface area contributed by atoms with Gasteiger partial charge in [0.2, 0.25) is 0 Å². The molecule has 5 rings (SSSR count). The van der Waals surface area contributed by atoms with Crippen molar-refractivity contribution in [2.45, 2.75) is 19.4 Å². The summed E-state index contributed by atoms with van der Waals surface area (Å²) in [5.74, 6) is -1.92. The van der Waals surface area contributed by atoms with Crippen molar-refractivity contribution in [2.75, 3.05) is 4.90 Å². The first-order valence-electron chi connectivity index (χ1n) is 11.3. The van der Waals surface area contributed by atoms with Crippen LogP contribution in [0.3, 0.4) is 0 Å². The number of aromatic hydroxyl groups is 1. The van der Waals surface area contributed by atoms with E-state index in [4.69, 9.17) is 11.6 Å². The minimum atomic E-state index is -0.924. The quantitative estimate of drug-likeness (QED) is 0.200. The fourth-order valence-electron chi connectivity index (χ4n) is 4.49. The highest BCUT2D eigenvalue weighted by atomic mass is 35.5. The number of halogens is 1. The Bertz CT molecular complexity index is 1510. The molecule has 1 atom stereocenters. The number of rotatable bonds is 4. The molecule has 174 valence electrons. The number of ketones is 1. The summed E-state index contributed by atoms with van der Waals surface area (Å²) in [6.07, 6.45) is 0.831. The molecule has 4 aromatic rings. The van der Waals surface area contributed by atoms with Crippen molar-refractivity contribution in [3.8, 4) is 5.75 Å². The van der Waals surface area contributed by atoms with Gasteiger partial charge in [-0.05, 0) is 58.7 Å². The lowest BCUT2D eigenvalue weighted by molar-refractivity contribution is -0.132. The van der Waals surface area contributed by atoms with E-state index in [1.165, 1.54) is 17.0 Å². The highest BCUT2D eigenvalue weighted by Gasteiger charge is 2.47. The first kappa shape index (κ1) is 22.7. The summed E-state index contributed by atoms with van der Waals surface area (Å²) in [6.45, 7) is 2.03. The van der Waals surface area contributed by atoms with Crippen LogP contribution in [0.1, 0.15) is 29.7 Å². The zero-order valence-electron chi connectivity index (χ0n) is 18.9. The predicted octanol–water partition coefficient (Wildman–Crippen LogP) is 6.39. The van der Waals surface area contributed by atoms with Gasteiger partial charge in [0.25, 0.3) is 11.7 Å². The monoisotopic (exact) mass is 483 g/mol. The van der Waals surface area contributed by atoms with Gasteiger partial charge >= 0.3 is 0 Å². The van der Waals surface area contributed by atoms with Crippen LogP contribution in [0.15, 0.2) is 90.5 Å². The molecule has 0 saturated carbocycles. The average Bonchev–Trinajstić information content (AvgIpc) is 3.15. The fraction of sp³-hybridized carbons (Fsp3) is 0.103. The number of phenolic OH excluding ortho intramolecular Hbond substituents is 1. The van der Waals surface area contributed by atoms with Gasteiger partial charge in [-0.25, -0.2) is 0 Å². The molecule has 0 spiro atoms. The zero-order chi connectivity index (χ0) is 24.7. The number of aryl methyl sites for hydroxylation is 1. The number of aliphatic hydroxyl groups excluding tert-OH is 1. The van der Waals surface area contributed by atoms with Gasteiger partial charge in [0.1, 0.15) is 11.5 Å². The first-order valence-corrected chi connectivity index (χ1v) is 11.6. The number of amides is 1. The van der Waals surface area contributed by atoms with Crippen molar-refractivity contribution >= 4 is 45.5 Å². The Labute approximate surface area is 207 Å². The highest BCUT2D eigenvalue weighted by Crippen LogP contribution is 2.43. The summed E-state index contributed by atoms with van der Waals surface area (Å²) in [7, 11) is 0. The van der Waals surface area contributed by atoms with Gasteiger partial charge < -0.3 is 10.2 Å². The minimum absolute atomic E-state index is 0.0356. The van der Waals surface area contributed by atoms with Gasteiger partial charge in [0.05, 0.1) is 16.6 Å². The number of Topliss-reactive ketones (excluding diaryl/α,β-unsaturated/α-hetero) is 1. The summed E-state index contributed by atoms with van der Waals surface area (Å²) in [5.41, 5.74) is 2.50. The van der Waals surface area contributed by atoms with Crippen LogP contribution in [0, 0.1) is 0 Å². The molecule has 4 aromatic carbocycles. The normalized spacial score (nSPS) is 17.3. The molecule has 0 aromatic heterocycles. The van der Waals surface area contributed by atoms with Gasteiger partial charge in [-0.2, -0.15) is 0 Å². The molecule has 5 nitrogen and oxygen atoms in total. The summed E-state index contributed by atoms with van der Waals surface area (Å²) >= 11 is 6.19. The predicted molar refractivity (Wildman–Crippen MR) is 138 cm³/mol. The molecule has 0 radical (unpaired) electrons. The topological polar surface area (TPSA) is 77.8 Å². The molecule has 1 unspecified atom stereocenters. The number of benzene rings is 4. The van der Waals surface area contributed by atoms with Crippen LogP contribution in [-0.2, 0) is 16.0 Å². The van der Waals surface area contributed by atoms with Gasteiger partial charge in [0, 0.05) is 11.3 Å². The molecule has 1 heterocycles. The zero-order valence-corrected chi connectivity index (χ0v) is 19.7. The van der Waals surface area contributed by atoms with Crippen molar-refractivity contribution in [1.29, 1.82) is 0 Å². The van der Waals surface area contributed by atoms with Crippen LogP contribution in [-0.4, -0.2) is 21.9 Å². The molecule has 0 bridgehead atoms. The third-order valence-corrected chi connectivity index (χ3v) is 6.68. The third-order valence-electron chi connectivity index (χ3n) is 6.38. The molecular weight excluding hydrogens is 462 g/mol. The fourth-order valence-corrected chi connectivity index (χ4v) is 4.68. The van der Waals surface area contributed by atoms with Gasteiger partial charge in [-0.15, -0.1) is 0 Å². The summed E-state index contributed by atoms with van der Waals surface area (Å²) < 4.78 is 0. The lowest BCUT2D eigenvalue weighted by Gasteiger charge is -2.26. The third kappa shape index (κ3) is 3.94. The van der Waals surface area contributed by atoms with Crippen molar-refractivity contribution in [2.24, 2.45) is 0 Å². The second kappa shape index (κ2) is 8.93. The number of anilines is 1. The molecule has 2 N–H and O–H groups in total. The summed E-state index contributed by atoms with van der Waals surface area (Å²) in [5, 5.41) is 23.3. The summed E-state index contributed by atoms with van der Waals surface area (Å²) in [4.78, 5) is 28.0. The molecule has 6 heteroatoms. The first-order chi connectivity index (χ1) is 16.9. The van der Waals surface area contributed by atoms with Crippen LogP contribution >= 0.6 is 11.6 Å². The maximum Gasteiger partial charge on any atom is 0.300 e. The van der Waals surface area contributed by atoms with E-state index in [9.17, 15) is 19.8 Å². The van der Waals surface area contributed by atoms with E-state index >= 15 is 0 Å². The number of aliphatic hydroxyl groups is 1. The molecule has 1 aliphatic rings. The highest BCUT2D eigenvalue weighted by molar-refractivity contribution is 6.51. The van der Waals surface area contributed by atoms with E-state index < -0.39 is 17.7 Å². The van der Waals surface area contributed by atoms with E-state index in [1.807, 2.05) is 49.4 Å². The maximum absolute atomic E-state index is 13.3. The van der Waals surface area contributed by atoms with Crippen LogP contribution in [0.5, 0.6) is 5.75 Å². The van der Waals surface area contributed by atoms with Crippen molar-refractivity contribution in [3.05, 3.63) is 112 Å². The SMILES string of the molecule is CCc1ccc(N2C(=O)C(=O)/C(=C(\O)c3ccc4ccccc4c3)C2c2ccc(O)c(Cl)c2)cc1. The van der Waals surface area contributed by atoms with Crippen LogP contribution < -0.4 is 4.90 Å². The lowest BCUT2D eigenvalue weighted by Crippen LogP contribution is -2.29. The van der Waals surface area contributed by atoms with Crippen LogP contribution in [0.4, 0.5) is 5.69 Å².